The van der Waals surface area contributed by atoms with E-state index in [1.54, 1.807) is 70.8 Å². The third kappa shape index (κ3) is 15.7. The van der Waals surface area contributed by atoms with Gasteiger partial charge in [0.25, 0.3) is 0 Å². The number of rotatable bonds is 34. The Morgan fingerprint density at radius 1 is 0.338 bits per heavy atom. The zero-order valence-corrected chi connectivity index (χ0v) is 44.4. The predicted molar refractivity (Wildman–Crippen MR) is 294 cm³/mol. The van der Waals surface area contributed by atoms with Crippen LogP contribution in [0.4, 0.5) is 0 Å². The summed E-state index contributed by atoms with van der Waals surface area (Å²) >= 11 is 0. The summed E-state index contributed by atoms with van der Waals surface area (Å²) in [5.74, 6) is 0. The third-order valence-corrected chi connectivity index (χ3v) is 19.8. The van der Waals surface area contributed by atoms with Gasteiger partial charge in [0.05, 0.1) is 0 Å². The highest BCUT2D eigenvalue weighted by molar-refractivity contribution is 7.23. The highest BCUT2D eigenvalue weighted by Gasteiger charge is 2.47. The fraction of sp³-hybridized carbons (Fsp3) is 0.594. The summed E-state index contributed by atoms with van der Waals surface area (Å²) in [6.07, 6.45) is 39.7. The van der Waals surface area contributed by atoms with E-state index in [-0.39, 0.29) is 0 Å². The van der Waals surface area contributed by atoms with Gasteiger partial charge < -0.3 is 0 Å². The summed E-state index contributed by atoms with van der Waals surface area (Å²) in [6.45, 7) is 16.7. The lowest BCUT2D eigenvalue weighted by atomic mass is 10.00. The molecule has 0 unspecified atom stereocenters. The molecule has 0 nitrogen and oxygen atoms in total. The predicted octanol–water partition coefficient (Wildman–Crippen LogP) is 17.5. The Morgan fingerprint density at radius 3 is 0.892 bits per heavy atom. The van der Waals surface area contributed by atoms with Gasteiger partial charge in [-0.1, -0.05) is 242 Å². The van der Waals surface area contributed by atoms with E-state index in [4.69, 9.17) is 0 Å². The van der Waals surface area contributed by atoms with Crippen molar-refractivity contribution < 1.29 is 0 Å². The van der Waals surface area contributed by atoms with Gasteiger partial charge in [-0.15, -0.1) is 0 Å². The molecule has 0 atom stereocenters. The number of fused-ring (bicyclic) bond motifs is 1. The molecule has 0 saturated heterocycles. The smallest absolute Gasteiger partial charge is 0.0679 e. The molecule has 0 saturated carbocycles. The molecule has 0 N–H and O–H groups in total. The van der Waals surface area contributed by atoms with Crippen LogP contribution < -0.4 is 15.6 Å². The first-order valence-corrected chi connectivity index (χ1v) is 30.1. The van der Waals surface area contributed by atoms with Gasteiger partial charge in [-0.25, -0.2) is 0 Å². The molecule has 356 valence electrons. The van der Waals surface area contributed by atoms with E-state index < -0.39 is 8.07 Å². The van der Waals surface area contributed by atoms with Gasteiger partial charge in [0.2, 0.25) is 0 Å². The van der Waals surface area contributed by atoms with Crippen molar-refractivity contribution in [1.29, 1.82) is 0 Å². The molecule has 0 heterocycles. The molecule has 0 amide bonds. The molecule has 1 aliphatic rings. The maximum Gasteiger partial charge on any atom is 0.180 e. The van der Waals surface area contributed by atoms with Crippen LogP contribution in [0.2, 0.25) is 0 Å². The van der Waals surface area contributed by atoms with Gasteiger partial charge in [0.15, 0.2) is 8.07 Å². The van der Waals surface area contributed by atoms with E-state index in [0.717, 1.165) is 6.42 Å². The highest BCUT2D eigenvalue weighted by atomic mass is 28.3. The van der Waals surface area contributed by atoms with E-state index in [1.807, 2.05) is 0 Å². The molecular formula is C64H96Si. The second-order valence-corrected chi connectivity index (χ2v) is 24.4. The number of allylic oxidation sites excluding steroid dienone is 1. The van der Waals surface area contributed by atoms with Crippen molar-refractivity contribution >= 4 is 28.8 Å². The SMILES string of the molecule is CCCCCCc1cc(CCCCCC)cc([Si](C2=C(C)Cc3ccccc32)(c2cc(CCCCCC)cc(CCCCCC)c2)c2cc(CCCCCC)cc(CCCCCC)c2)c1. The molecule has 0 radical (unpaired) electrons. The molecule has 0 spiro atoms. The lowest BCUT2D eigenvalue weighted by molar-refractivity contribution is 0.661. The molecule has 0 fully saturated rings. The van der Waals surface area contributed by atoms with Crippen molar-refractivity contribution in [2.24, 2.45) is 0 Å². The van der Waals surface area contributed by atoms with Crippen LogP contribution in [0.25, 0.3) is 5.20 Å². The molecule has 5 rings (SSSR count). The van der Waals surface area contributed by atoms with Crippen LogP contribution in [0.15, 0.2) is 84.4 Å². The fourth-order valence-corrected chi connectivity index (χ4v) is 17.0. The van der Waals surface area contributed by atoms with Crippen molar-refractivity contribution in [2.45, 2.75) is 248 Å². The van der Waals surface area contributed by atoms with Gasteiger partial charge >= 0.3 is 0 Å². The molecule has 0 aliphatic heterocycles. The van der Waals surface area contributed by atoms with Gasteiger partial charge in [-0.05, 0) is 156 Å². The average Bonchev–Trinajstić information content (AvgIpc) is 3.65. The van der Waals surface area contributed by atoms with Crippen LogP contribution in [0.3, 0.4) is 0 Å². The summed E-state index contributed by atoms with van der Waals surface area (Å²) in [5, 5.41) is 6.72. The second kappa shape index (κ2) is 29.6. The number of benzene rings is 4. The molecule has 65 heavy (non-hydrogen) atoms. The number of aryl methyl sites for hydroxylation is 6. The second-order valence-electron chi connectivity index (χ2n) is 20.7. The van der Waals surface area contributed by atoms with Crippen LogP contribution in [0, 0.1) is 0 Å². The monoisotopic (exact) mass is 893 g/mol. The molecule has 4 aromatic carbocycles. The Balaban J connectivity index is 1.91. The first kappa shape index (κ1) is 52.8. The summed E-state index contributed by atoms with van der Waals surface area (Å²) in [7, 11) is -2.94. The molecule has 0 aromatic heterocycles. The molecular weight excluding hydrogens is 797 g/mol. The lowest BCUT2D eigenvalue weighted by Gasteiger charge is -2.38. The number of hydrogen-bond donors (Lipinski definition) is 0. The van der Waals surface area contributed by atoms with Gasteiger partial charge in [0, 0.05) is 0 Å². The van der Waals surface area contributed by atoms with Crippen LogP contribution >= 0.6 is 0 Å². The molecule has 1 aliphatic carbocycles. The van der Waals surface area contributed by atoms with Crippen LogP contribution in [0.5, 0.6) is 0 Å². The van der Waals surface area contributed by atoms with Crippen molar-refractivity contribution in [3.8, 4) is 0 Å². The first-order chi connectivity index (χ1) is 31.9. The summed E-state index contributed by atoms with van der Waals surface area (Å²) in [4.78, 5) is 0. The Hall–Kier alpha value is -3.16. The molecule has 0 bridgehead atoms. The van der Waals surface area contributed by atoms with Crippen LogP contribution in [-0.4, -0.2) is 8.07 Å². The Labute approximate surface area is 403 Å². The number of unbranched alkanes of at least 4 members (excludes halogenated alkanes) is 18. The van der Waals surface area contributed by atoms with Crippen LogP contribution in [-0.2, 0) is 44.9 Å². The van der Waals surface area contributed by atoms with E-state index in [1.165, 1.54) is 193 Å². The largest absolute Gasteiger partial charge is 0.180 e. The summed E-state index contributed by atoms with van der Waals surface area (Å²) in [5.41, 5.74) is 14.3. The molecule has 1 heteroatoms. The summed E-state index contributed by atoms with van der Waals surface area (Å²) in [6, 6.07) is 34.5. The average molecular weight is 894 g/mol. The van der Waals surface area contributed by atoms with Gasteiger partial charge in [-0.3, -0.25) is 0 Å². The van der Waals surface area contributed by atoms with Gasteiger partial charge in [-0.2, -0.15) is 0 Å². The Bertz CT molecular complexity index is 1730. The van der Waals surface area contributed by atoms with Crippen molar-refractivity contribution in [1.82, 2.24) is 0 Å². The zero-order chi connectivity index (χ0) is 46.1. The zero-order valence-electron chi connectivity index (χ0n) is 43.4. The minimum Gasteiger partial charge on any atom is -0.0679 e. The van der Waals surface area contributed by atoms with E-state index in [0.29, 0.717) is 0 Å². The van der Waals surface area contributed by atoms with Crippen molar-refractivity contribution in [3.63, 3.8) is 0 Å². The Morgan fingerprint density at radius 2 is 0.615 bits per heavy atom. The normalized spacial score (nSPS) is 12.7. The standard InChI is InChI=1S/C64H96Si/c1-8-14-20-26-34-53-43-54(35-27-21-15-9-2)47-60(46-53)65(64-52(7)42-59-40-32-33-41-63(59)64,61-48-55(36-28-22-16-10-3)44-56(49-61)37-29-23-17-11-4)62-50-57(38-30-24-18-12-5)45-58(51-62)39-31-25-19-13-6/h32-33,40-41,43-51H,8-31,34-39,42H2,1-7H3. The van der Waals surface area contributed by atoms with Crippen molar-refractivity contribution in [3.05, 3.63) is 129 Å². The topological polar surface area (TPSA) is 0 Å². The number of hydrogen-bond acceptors (Lipinski definition) is 0. The maximum atomic E-state index is 2.80. The third-order valence-electron chi connectivity index (χ3n) is 14.9. The van der Waals surface area contributed by atoms with Gasteiger partial charge in [0.1, 0.15) is 0 Å². The maximum absolute atomic E-state index is 2.94. The van der Waals surface area contributed by atoms with E-state index in [9.17, 15) is 0 Å². The lowest BCUT2D eigenvalue weighted by Crippen LogP contribution is -2.68. The minimum absolute atomic E-state index is 1.07. The van der Waals surface area contributed by atoms with E-state index in [2.05, 4.69) is 127 Å². The fourth-order valence-electron chi connectivity index (χ4n) is 11.3. The quantitative estimate of drug-likeness (QED) is 0.0249. The minimum atomic E-state index is -2.94. The van der Waals surface area contributed by atoms with E-state index >= 15 is 0 Å². The first-order valence-electron chi connectivity index (χ1n) is 28.1. The molecule has 4 aromatic rings. The summed E-state index contributed by atoms with van der Waals surface area (Å²) < 4.78 is 0. The van der Waals surface area contributed by atoms with Crippen molar-refractivity contribution in [2.75, 3.05) is 0 Å². The Kier molecular flexibility index (Phi) is 24.0. The highest BCUT2D eigenvalue weighted by Crippen LogP contribution is 2.40. The van der Waals surface area contributed by atoms with Crippen LogP contribution in [0.1, 0.15) is 247 Å².